The summed E-state index contributed by atoms with van der Waals surface area (Å²) in [7, 11) is 0. The van der Waals surface area contributed by atoms with E-state index < -0.39 is 23.6 Å². The molecule has 0 radical (unpaired) electrons. The second-order valence-corrected chi connectivity index (χ2v) is 7.18. The standard InChI is InChI=1S/C21H11F6I/c22-18-9-13(2-1-12(18)7-8-21(25,26)27)16-5-3-14(10-19(16)23)17-6-4-15(28)11-20(17)24/h1-11H/b8-7+. The Morgan fingerprint density at radius 3 is 1.75 bits per heavy atom. The molecular formula is C21H11F6I. The van der Waals surface area contributed by atoms with Gasteiger partial charge in [-0.05, 0) is 64.1 Å². The molecule has 0 aliphatic rings. The molecular weight excluding hydrogens is 493 g/mol. The molecule has 0 amide bonds. The topological polar surface area (TPSA) is 0 Å². The minimum absolute atomic E-state index is 0.0555. The van der Waals surface area contributed by atoms with Gasteiger partial charge in [-0.1, -0.05) is 30.3 Å². The first kappa shape index (κ1) is 20.4. The molecule has 3 aromatic rings. The monoisotopic (exact) mass is 504 g/mol. The molecule has 28 heavy (non-hydrogen) atoms. The Morgan fingerprint density at radius 2 is 1.21 bits per heavy atom. The number of hydrogen-bond donors (Lipinski definition) is 0. The third-order valence-electron chi connectivity index (χ3n) is 3.97. The number of benzene rings is 3. The van der Waals surface area contributed by atoms with Crippen LogP contribution in [0.3, 0.4) is 0 Å². The molecule has 0 fully saturated rings. The van der Waals surface area contributed by atoms with Crippen LogP contribution in [0.25, 0.3) is 28.3 Å². The van der Waals surface area contributed by atoms with Crippen molar-refractivity contribution in [3.8, 4) is 22.3 Å². The van der Waals surface area contributed by atoms with Gasteiger partial charge in [-0.15, -0.1) is 0 Å². The fourth-order valence-electron chi connectivity index (χ4n) is 2.65. The minimum atomic E-state index is -4.56. The maximum absolute atomic E-state index is 14.6. The van der Waals surface area contributed by atoms with E-state index in [1.807, 2.05) is 22.6 Å². The van der Waals surface area contributed by atoms with Crippen molar-refractivity contribution in [2.24, 2.45) is 0 Å². The maximum Gasteiger partial charge on any atom is 0.409 e. The Kier molecular flexibility index (Phi) is 5.83. The zero-order valence-corrected chi connectivity index (χ0v) is 16.2. The van der Waals surface area contributed by atoms with Crippen LogP contribution in [0.15, 0.2) is 60.7 Å². The predicted octanol–water partition coefficient (Wildman–Crippen LogP) is 7.62. The van der Waals surface area contributed by atoms with E-state index in [0.717, 1.165) is 18.2 Å². The molecule has 0 nitrogen and oxygen atoms in total. The van der Waals surface area contributed by atoms with Crippen molar-refractivity contribution in [1.29, 1.82) is 0 Å². The molecule has 0 unspecified atom stereocenters. The van der Waals surface area contributed by atoms with Crippen molar-refractivity contribution < 1.29 is 26.3 Å². The minimum Gasteiger partial charge on any atom is -0.206 e. The highest BCUT2D eigenvalue weighted by atomic mass is 127. The highest BCUT2D eigenvalue weighted by Crippen LogP contribution is 2.31. The summed E-state index contributed by atoms with van der Waals surface area (Å²) in [6.45, 7) is 0. The van der Waals surface area contributed by atoms with E-state index in [1.165, 1.54) is 30.3 Å². The third-order valence-corrected chi connectivity index (χ3v) is 4.65. The van der Waals surface area contributed by atoms with Crippen LogP contribution in [0, 0.1) is 21.0 Å². The molecule has 0 aromatic heterocycles. The highest BCUT2D eigenvalue weighted by molar-refractivity contribution is 14.1. The van der Waals surface area contributed by atoms with E-state index in [0.29, 0.717) is 15.2 Å². The van der Waals surface area contributed by atoms with Crippen LogP contribution in [0.2, 0.25) is 0 Å². The van der Waals surface area contributed by atoms with Gasteiger partial charge in [0.2, 0.25) is 0 Å². The van der Waals surface area contributed by atoms with E-state index in [1.54, 1.807) is 6.07 Å². The quantitative estimate of drug-likeness (QED) is 0.254. The van der Waals surface area contributed by atoms with Gasteiger partial charge in [0, 0.05) is 26.3 Å². The average molecular weight is 504 g/mol. The van der Waals surface area contributed by atoms with Crippen LogP contribution >= 0.6 is 22.6 Å². The van der Waals surface area contributed by atoms with Crippen LogP contribution in [-0.2, 0) is 0 Å². The lowest BCUT2D eigenvalue weighted by Crippen LogP contribution is -2.00. The van der Waals surface area contributed by atoms with Crippen molar-refractivity contribution in [2.45, 2.75) is 6.18 Å². The van der Waals surface area contributed by atoms with Crippen molar-refractivity contribution >= 4 is 28.7 Å². The summed E-state index contributed by atoms with van der Waals surface area (Å²) in [5, 5.41) is 0. The number of hydrogen-bond acceptors (Lipinski definition) is 0. The lowest BCUT2D eigenvalue weighted by atomic mass is 9.98. The predicted molar refractivity (Wildman–Crippen MR) is 105 cm³/mol. The van der Waals surface area contributed by atoms with Crippen molar-refractivity contribution in [2.75, 3.05) is 0 Å². The van der Waals surface area contributed by atoms with E-state index in [2.05, 4.69) is 0 Å². The molecule has 0 aliphatic heterocycles. The van der Waals surface area contributed by atoms with Crippen LogP contribution in [0.5, 0.6) is 0 Å². The summed E-state index contributed by atoms with van der Waals surface area (Å²) in [4.78, 5) is 0. The first-order valence-electron chi connectivity index (χ1n) is 7.95. The summed E-state index contributed by atoms with van der Waals surface area (Å²) in [5.74, 6) is -2.11. The largest absolute Gasteiger partial charge is 0.409 e. The van der Waals surface area contributed by atoms with Crippen LogP contribution in [0.1, 0.15) is 5.56 Å². The molecule has 0 saturated heterocycles. The van der Waals surface area contributed by atoms with Crippen LogP contribution < -0.4 is 0 Å². The Balaban J connectivity index is 1.94. The summed E-state index contributed by atoms with van der Waals surface area (Å²) in [5.41, 5.74) is 0.498. The van der Waals surface area contributed by atoms with Crippen molar-refractivity contribution in [3.63, 3.8) is 0 Å². The SMILES string of the molecule is Fc1cc(-c2ccc(-c3ccc(I)cc3F)cc2F)ccc1/C=C/C(F)(F)F. The normalized spacial score (nSPS) is 12.0. The number of rotatable bonds is 3. The third kappa shape index (κ3) is 4.76. The molecule has 0 saturated carbocycles. The Bertz CT molecular complexity index is 1050. The molecule has 3 aromatic carbocycles. The number of halogens is 7. The zero-order chi connectivity index (χ0) is 20.5. The molecule has 0 heterocycles. The molecule has 0 bridgehead atoms. The van der Waals surface area contributed by atoms with E-state index in [9.17, 15) is 26.3 Å². The summed E-state index contributed by atoms with van der Waals surface area (Å²) in [6, 6.07) is 12.0. The Morgan fingerprint density at radius 1 is 0.679 bits per heavy atom. The summed E-state index contributed by atoms with van der Waals surface area (Å²) >= 11 is 1.96. The smallest absolute Gasteiger partial charge is 0.206 e. The van der Waals surface area contributed by atoms with Gasteiger partial charge in [-0.2, -0.15) is 13.2 Å². The number of allylic oxidation sites excluding steroid dienone is 1. The maximum atomic E-state index is 14.6. The van der Waals surface area contributed by atoms with Crippen molar-refractivity contribution in [1.82, 2.24) is 0 Å². The van der Waals surface area contributed by atoms with Gasteiger partial charge >= 0.3 is 6.18 Å². The number of alkyl halides is 3. The van der Waals surface area contributed by atoms with E-state index in [-0.39, 0.29) is 28.3 Å². The Labute approximate surface area is 170 Å². The average Bonchev–Trinajstić information content (AvgIpc) is 2.60. The highest BCUT2D eigenvalue weighted by Gasteiger charge is 2.22. The van der Waals surface area contributed by atoms with Gasteiger partial charge in [0.1, 0.15) is 17.5 Å². The zero-order valence-electron chi connectivity index (χ0n) is 14.0. The molecule has 0 N–H and O–H groups in total. The second kappa shape index (κ2) is 7.98. The van der Waals surface area contributed by atoms with Gasteiger partial charge in [-0.25, -0.2) is 13.2 Å². The Hall–Kier alpha value is -2.29. The summed E-state index contributed by atoms with van der Waals surface area (Å²) in [6.07, 6.45) is -4.02. The lowest BCUT2D eigenvalue weighted by molar-refractivity contribution is -0.0790. The molecule has 144 valence electrons. The first-order chi connectivity index (χ1) is 13.1. The van der Waals surface area contributed by atoms with Gasteiger partial charge in [0.05, 0.1) is 0 Å². The molecule has 7 heteroatoms. The lowest BCUT2D eigenvalue weighted by Gasteiger charge is -2.09. The van der Waals surface area contributed by atoms with Gasteiger partial charge in [0.15, 0.2) is 0 Å². The summed E-state index contributed by atoms with van der Waals surface area (Å²) < 4.78 is 80.1. The second-order valence-electron chi connectivity index (χ2n) is 5.93. The molecule has 0 aliphatic carbocycles. The molecule has 3 rings (SSSR count). The van der Waals surface area contributed by atoms with Gasteiger partial charge in [-0.3, -0.25) is 0 Å². The first-order valence-corrected chi connectivity index (χ1v) is 9.03. The molecule has 0 atom stereocenters. The fraction of sp³-hybridized carbons (Fsp3) is 0.0476. The van der Waals surface area contributed by atoms with Crippen LogP contribution in [0.4, 0.5) is 26.3 Å². The van der Waals surface area contributed by atoms with Gasteiger partial charge in [0.25, 0.3) is 0 Å². The molecule has 0 spiro atoms. The van der Waals surface area contributed by atoms with E-state index >= 15 is 0 Å². The fourth-order valence-corrected chi connectivity index (χ4v) is 3.11. The van der Waals surface area contributed by atoms with Gasteiger partial charge < -0.3 is 0 Å². The van der Waals surface area contributed by atoms with E-state index in [4.69, 9.17) is 0 Å². The van der Waals surface area contributed by atoms with Crippen molar-refractivity contribution in [3.05, 3.63) is 87.3 Å². The van der Waals surface area contributed by atoms with Crippen LogP contribution in [-0.4, -0.2) is 6.18 Å².